The topological polar surface area (TPSA) is 258 Å². The van der Waals surface area contributed by atoms with Crippen molar-refractivity contribution in [1.29, 1.82) is 0 Å². The smallest absolute Gasteiger partial charge is 0.401 e. The van der Waals surface area contributed by atoms with Gasteiger partial charge in [0.2, 0.25) is 29.4 Å². The number of phenols is 2. The molecule has 16 nitrogen and oxygen atoms in total. The summed E-state index contributed by atoms with van der Waals surface area (Å²) in [5.74, 6) is -14.8. The second-order valence-electron chi connectivity index (χ2n) is 15.3. The molecule has 5 atom stereocenters. The van der Waals surface area contributed by atoms with E-state index in [1.807, 2.05) is 17.4 Å². The lowest BCUT2D eigenvalue weighted by Crippen LogP contribution is -2.58. The molecule has 19 heteroatoms. The van der Waals surface area contributed by atoms with Crippen LogP contribution in [0.2, 0.25) is 5.02 Å². The van der Waals surface area contributed by atoms with Gasteiger partial charge in [-0.25, -0.2) is 4.79 Å². The van der Waals surface area contributed by atoms with E-state index in [0.717, 1.165) is 23.0 Å². The van der Waals surface area contributed by atoms with Crippen LogP contribution in [0.4, 0.5) is 8.78 Å². The molecule has 4 bridgehead atoms. The van der Waals surface area contributed by atoms with Gasteiger partial charge >= 0.3 is 11.9 Å². The van der Waals surface area contributed by atoms with Gasteiger partial charge < -0.3 is 47.2 Å². The summed E-state index contributed by atoms with van der Waals surface area (Å²) in [6.45, 7) is 2.40. The van der Waals surface area contributed by atoms with Crippen LogP contribution in [0, 0.1) is 0 Å². The molecule has 5 rings (SSSR count). The maximum atomic E-state index is 14.5. The third-order valence-electron chi connectivity index (χ3n) is 10.7. The normalized spacial score (nSPS) is 17.4. The van der Waals surface area contributed by atoms with Gasteiger partial charge in [0.15, 0.2) is 0 Å². The fourth-order valence-corrected chi connectivity index (χ4v) is 7.22. The molecule has 0 radical (unpaired) electrons. The van der Waals surface area contributed by atoms with Crippen molar-refractivity contribution in [2.75, 3.05) is 13.6 Å². The van der Waals surface area contributed by atoms with Gasteiger partial charge in [-0.3, -0.25) is 28.8 Å². The highest BCUT2D eigenvalue weighted by Gasteiger charge is 2.50. The van der Waals surface area contributed by atoms with Gasteiger partial charge in [0.25, 0.3) is 5.91 Å². The van der Waals surface area contributed by atoms with Gasteiger partial charge in [0, 0.05) is 35.2 Å². The Morgan fingerprint density at radius 1 is 0.859 bits per heavy atom. The predicted molar refractivity (Wildman–Crippen MR) is 230 cm³/mol. The quantitative estimate of drug-likeness (QED) is 0.0666. The molecule has 1 aliphatic rings. The lowest BCUT2D eigenvalue weighted by Gasteiger charge is -2.32. The lowest BCUT2D eigenvalue weighted by molar-refractivity contribution is -0.172. The number of rotatable bonds is 14. The molecule has 1 heterocycles. The number of benzene rings is 4. The summed E-state index contributed by atoms with van der Waals surface area (Å²) in [5.41, 5.74) is 7.99. The number of halogens is 3. The molecule has 64 heavy (non-hydrogen) atoms. The third-order valence-corrected chi connectivity index (χ3v) is 11.0. The number of fused-ring (bicyclic) bond motifs is 5. The predicted octanol–water partition coefficient (Wildman–Crippen LogP) is 3.85. The number of ketones is 1. The molecule has 0 saturated heterocycles. The molecular weight excluding hydrogens is 858 g/mol. The number of alkyl halides is 2. The van der Waals surface area contributed by atoms with Crippen molar-refractivity contribution >= 4 is 52.9 Å². The van der Waals surface area contributed by atoms with Crippen molar-refractivity contribution in [1.82, 2.24) is 26.2 Å². The first-order valence-corrected chi connectivity index (χ1v) is 20.5. The number of likely N-dealkylation sites (N-methyl/N-ethyl adjacent to an activating group) is 1. The first-order valence-electron chi connectivity index (χ1n) is 20.1. The number of nitrogens with zero attached hydrogens (tertiary/aromatic N) is 1. The number of carboxylic acids is 1. The van der Waals surface area contributed by atoms with E-state index in [-0.39, 0.29) is 52.2 Å². The Morgan fingerprint density at radius 3 is 2.06 bits per heavy atom. The van der Waals surface area contributed by atoms with E-state index in [1.54, 1.807) is 36.4 Å². The van der Waals surface area contributed by atoms with Gasteiger partial charge in [0.05, 0.1) is 6.04 Å². The van der Waals surface area contributed by atoms with E-state index in [9.17, 15) is 52.6 Å². The molecule has 0 aromatic heterocycles. The summed E-state index contributed by atoms with van der Waals surface area (Å²) < 4.78 is 28.1. The molecule has 0 saturated carbocycles. The minimum Gasteiger partial charge on any atom is -0.507 e. The van der Waals surface area contributed by atoms with Crippen LogP contribution in [0.15, 0.2) is 84.9 Å². The van der Waals surface area contributed by atoms with Crippen LogP contribution in [0.5, 0.6) is 11.5 Å². The zero-order valence-corrected chi connectivity index (χ0v) is 35.6. The highest BCUT2D eigenvalue weighted by Crippen LogP contribution is 2.39. The van der Waals surface area contributed by atoms with Crippen molar-refractivity contribution in [2.24, 2.45) is 5.73 Å². The Balaban J connectivity index is 1.49. The first kappa shape index (κ1) is 48.1. The van der Waals surface area contributed by atoms with E-state index < -0.39 is 77.4 Å². The highest BCUT2D eigenvalue weighted by molar-refractivity contribution is 6.30. The summed E-state index contributed by atoms with van der Waals surface area (Å²) in [5, 5.41) is 41.2. The van der Waals surface area contributed by atoms with Crippen LogP contribution in [-0.2, 0) is 35.2 Å². The molecule has 0 aliphatic carbocycles. The monoisotopic (exact) mass is 904 g/mol. The Bertz CT molecular complexity index is 2440. The highest BCUT2D eigenvalue weighted by atomic mass is 35.5. The molecule has 4 aromatic carbocycles. The van der Waals surface area contributed by atoms with E-state index in [1.165, 1.54) is 50.4 Å². The number of nitrogens with one attached hydrogen (secondary N) is 4. The first-order chi connectivity index (χ1) is 30.2. The largest absolute Gasteiger partial charge is 0.507 e. The number of hydrogen-bond donors (Lipinski definition) is 8. The Morgan fingerprint density at radius 2 is 1.45 bits per heavy atom. The third kappa shape index (κ3) is 11.2. The Labute approximate surface area is 371 Å². The Hall–Kier alpha value is -6.92. The van der Waals surface area contributed by atoms with Gasteiger partial charge in [-0.05, 0) is 110 Å². The molecular formula is C45H47ClF2N6O10. The van der Waals surface area contributed by atoms with E-state index in [2.05, 4.69) is 16.0 Å². The molecule has 5 amide bonds. The standard InChI is InChI=1S/C45H47ClF2N6O10/c1-23(38(57)45(47,48)44(63)64)50-41(60)34-21-25-7-17-35(55)31(20-25)32-22-29(14-18-36(32)56)37(42(61)51-24(2)39(58)53-34)54(3)43(62)33(6-4-5-19-49)52-40(59)28-10-8-26(9-11-28)27-12-15-30(46)16-13-27/h7-18,20,22-24,33-34,37,55-56H,4-6,19,21,49H2,1-3H3,(H,50,60)(H,51,61)(H,52,59)(H,53,58)(H,63,64)/t23-,24-,33-,34?,37-/m0/s1. The minimum absolute atomic E-state index is 0.0143. The second-order valence-corrected chi connectivity index (χ2v) is 15.8. The molecule has 9 N–H and O–H groups in total. The average Bonchev–Trinajstić information content (AvgIpc) is 3.26. The van der Waals surface area contributed by atoms with Crippen molar-refractivity contribution < 1.29 is 57.7 Å². The van der Waals surface area contributed by atoms with Crippen molar-refractivity contribution in [2.45, 2.75) is 75.7 Å². The number of nitrogens with two attached hydrogens (primary N) is 1. The summed E-state index contributed by atoms with van der Waals surface area (Å²) in [6.07, 6.45) is 0.646. The summed E-state index contributed by atoms with van der Waals surface area (Å²) in [6, 6.07) is 13.8. The zero-order chi connectivity index (χ0) is 47.0. The minimum atomic E-state index is -4.84. The van der Waals surface area contributed by atoms with Crippen LogP contribution in [0.1, 0.15) is 60.6 Å². The molecule has 0 spiro atoms. The van der Waals surface area contributed by atoms with Crippen molar-refractivity contribution in [3.8, 4) is 33.8 Å². The van der Waals surface area contributed by atoms with Crippen LogP contribution < -0.4 is 27.0 Å². The van der Waals surface area contributed by atoms with E-state index in [4.69, 9.17) is 22.4 Å². The summed E-state index contributed by atoms with van der Waals surface area (Å²) in [4.78, 5) is 94.1. The fourth-order valence-electron chi connectivity index (χ4n) is 7.09. The van der Waals surface area contributed by atoms with Crippen LogP contribution in [-0.4, -0.2) is 105 Å². The number of amides is 5. The van der Waals surface area contributed by atoms with E-state index in [0.29, 0.717) is 24.4 Å². The Kier molecular flexibility index (Phi) is 15.4. The maximum Gasteiger partial charge on any atom is 0.401 e. The number of Topliss-reactive ketones (excluding diaryl/α,β-unsaturated/α-hetero) is 1. The van der Waals surface area contributed by atoms with Gasteiger partial charge in [-0.15, -0.1) is 0 Å². The SMILES string of the molecule is C[C@@H]1NC(=O)[C@@H](N(C)C(=O)[C@H](CCCCN)NC(=O)c2ccc(-c3ccc(Cl)cc3)cc2)c2ccc(O)c(c2)-c2cc(ccc2O)CC(C(=O)N[C@@H](C)C(=O)C(F)(F)C(=O)O)NC1=O. The van der Waals surface area contributed by atoms with Gasteiger partial charge in [-0.2, -0.15) is 8.78 Å². The lowest BCUT2D eigenvalue weighted by atomic mass is 9.93. The molecule has 1 unspecified atom stereocenters. The van der Waals surface area contributed by atoms with Crippen LogP contribution in [0.3, 0.4) is 0 Å². The number of phenolic OH excluding ortho intramolecular Hbond substituents is 2. The number of carboxylic acid groups (broad SMARTS) is 1. The number of aliphatic carboxylic acids is 1. The fraction of sp³-hybridized carbons (Fsp3) is 0.311. The van der Waals surface area contributed by atoms with Crippen LogP contribution in [0.25, 0.3) is 22.3 Å². The maximum absolute atomic E-state index is 14.5. The number of unbranched alkanes of at least 4 members (excludes halogenated alkanes) is 1. The summed E-state index contributed by atoms with van der Waals surface area (Å²) >= 11 is 6.02. The van der Waals surface area contributed by atoms with Crippen molar-refractivity contribution in [3.63, 3.8) is 0 Å². The number of carbonyl (C=O) groups excluding carboxylic acids is 6. The molecule has 1 aliphatic heterocycles. The van der Waals surface area contributed by atoms with Crippen molar-refractivity contribution in [3.05, 3.63) is 107 Å². The molecule has 338 valence electrons. The number of aromatic hydroxyl groups is 2. The molecule has 0 fully saturated rings. The second kappa shape index (κ2) is 20.5. The molecule has 4 aromatic rings. The van der Waals surface area contributed by atoms with Gasteiger partial charge in [-0.1, -0.05) is 48.0 Å². The van der Waals surface area contributed by atoms with Crippen LogP contribution >= 0.6 is 11.6 Å². The van der Waals surface area contributed by atoms with Gasteiger partial charge in [0.1, 0.15) is 35.7 Å². The van der Waals surface area contributed by atoms with E-state index >= 15 is 0 Å². The summed E-state index contributed by atoms with van der Waals surface area (Å²) in [7, 11) is 1.31. The zero-order valence-electron chi connectivity index (χ0n) is 34.9. The average molecular weight is 905 g/mol. The number of carbonyl (C=O) groups is 7. The number of hydrogen-bond acceptors (Lipinski definition) is 10.